The van der Waals surface area contributed by atoms with E-state index in [9.17, 15) is 0 Å². The first-order chi connectivity index (χ1) is 29.4. The SMILES string of the molecule is C=C(/C=C1\C(=C/C)c2ccccc2C1(C)C)c1cc(-c2ccc3c(c2)c2ccccc2n3-c2ccccc2)cc(-c2ccc3c(c2)c2ccccc2n3-c2ccccc2)c1. The molecule has 0 N–H and O–H groups in total. The van der Waals surface area contributed by atoms with Gasteiger partial charge < -0.3 is 9.13 Å². The Labute approximate surface area is 351 Å². The fourth-order valence-corrected chi connectivity index (χ4v) is 9.88. The second kappa shape index (κ2) is 13.9. The molecule has 0 spiro atoms. The van der Waals surface area contributed by atoms with Crippen molar-refractivity contribution in [1.82, 2.24) is 9.13 Å². The first-order valence-electron chi connectivity index (χ1n) is 20.9. The number of rotatable bonds is 6. The van der Waals surface area contributed by atoms with E-state index in [4.69, 9.17) is 6.58 Å². The highest BCUT2D eigenvalue weighted by atomic mass is 15.0. The normalized spacial score (nSPS) is 14.8. The number of aromatic nitrogens is 2. The van der Waals surface area contributed by atoms with Crippen LogP contribution in [0.5, 0.6) is 0 Å². The molecule has 2 aromatic heterocycles. The first kappa shape index (κ1) is 35.7. The van der Waals surface area contributed by atoms with Gasteiger partial charge in [0.1, 0.15) is 0 Å². The third kappa shape index (κ3) is 5.56. The van der Waals surface area contributed by atoms with E-state index in [2.05, 4.69) is 230 Å². The molecule has 0 unspecified atom stereocenters. The highest BCUT2D eigenvalue weighted by Crippen LogP contribution is 2.50. The summed E-state index contributed by atoms with van der Waals surface area (Å²) >= 11 is 0. The number of hydrogen-bond donors (Lipinski definition) is 0. The number of nitrogens with zero attached hydrogens (tertiary/aromatic N) is 2. The van der Waals surface area contributed by atoms with Gasteiger partial charge in [0.2, 0.25) is 0 Å². The molecule has 8 aromatic carbocycles. The molecule has 0 bridgehead atoms. The standard InChI is InChI=1S/C58H44N2/c1-5-46-47-22-12-15-25-52(47)58(3,4)53(46)32-38(2)41-33-42(39-28-30-56-50(36-39)48-23-13-16-26-54(48)59(56)44-18-8-6-9-19-44)35-43(34-41)40-29-31-57-51(37-40)49-24-14-17-27-55(49)60(57)45-20-10-7-11-21-45/h5-37H,2H2,1,3-4H3/b46-5-,53-32+. The summed E-state index contributed by atoms with van der Waals surface area (Å²) in [6.07, 6.45) is 4.60. The van der Waals surface area contributed by atoms with Crippen LogP contribution in [-0.2, 0) is 5.41 Å². The van der Waals surface area contributed by atoms with Crippen molar-refractivity contribution in [2.24, 2.45) is 0 Å². The van der Waals surface area contributed by atoms with Gasteiger partial charge in [-0.25, -0.2) is 0 Å². The summed E-state index contributed by atoms with van der Waals surface area (Å²) in [4.78, 5) is 0. The van der Waals surface area contributed by atoms with Crippen LogP contribution < -0.4 is 0 Å². The zero-order chi connectivity index (χ0) is 40.5. The Morgan fingerprint density at radius 2 is 0.933 bits per heavy atom. The van der Waals surface area contributed by atoms with Gasteiger partial charge >= 0.3 is 0 Å². The topological polar surface area (TPSA) is 9.86 Å². The van der Waals surface area contributed by atoms with Crippen LogP contribution >= 0.6 is 0 Å². The van der Waals surface area contributed by atoms with Crippen molar-refractivity contribution >= 4 is 54.8 Å². The van der Waals surface area contributed by atoms with Crippen LogP contribution in [0.15, 0.2) is 212 Å². The number of allylic oxidation sites excluding steroid dienone is 5. The summed E-state index contributed by atoms with van der Waals surface area (Å²) in [7, 11) is 0. The minimum atomic E-state index is -0.155. The van der Waals surface area contributed by atoms with Crippen LogP contribution in [0.4, 0.5) is 0 Å². The average Bonchev–Trinajstić information content (AvgIpc) is 3.89. The zero-order valence-electron chi connectivity index (χ0n) is 34.2. The Kier molecular flexibility index (Phi) is 8.25. The van der Waals surface area contributed by atoms with Gasteiger partial charge in [-0.3, -0.25) is 0 Å². The number of para-hydroxylation sites is 4. The first-order valence-corrected chi connectivity index (χ1v) is 20.9. The molecule has 0 amide bonds. The molecule has 60 heavy (non-hydrogen) atoms. The van der Waals surface area contributed by atoms with E-state index in [-0.39, 0.29) is 5.41 Å². The molecule has 2 heterocycles. The minimum absolute atomic E-state index is 0.155. The summed E-state index contributed by atoms with van der Waals surface area (Å²) in [6, 6.07) is 68.7. The van der Waals surface area contributed by atoms with Gasteiger partial charge in [-0.2, -0.15) is 0 Å². The summed E-state index contributed by atoms with van der Waals surface area (Å²) in [6.45, 7) is 11.6. The smallest absolute Gasteiger partial charge is 0.0541 e. The highest BCUT2D eigenvalue weighted by Gasteiger charge is 2.37. The molecule has 0 aliphatic heterocycles. The quantitative estimate of drug-likeness (QED) is 0.159. The number of hydrogen-bond acceptors (Lipinski definition) is 0. The number of fused-ring (bicyclic) bond motifs is 7. The Morgan fingerprint density at radius 3 is 1.47 bits per heavy atom. The lowest BCUT2D eigenvalue weighted by Gasteiger charge is -2.23. The molecule has 11 rings (SSSR count). The summed E-state index contributed by atoms with van der Waals surface area (Å²) in [5, 5.41) is 4.95. The lowest BCUT2D eigenvalue weighted by Crippen LogP contribution is -2.15. The van der Waals surface area contributed by atoms with Crippen LogP contribution in [0.1, 0.15) is 37.5 Å². The van der Waals surface area contributed by atoms with E-state index >= 15 is 0 Å². The molecule has 0 saturated heterocycles. The molecule has 0 saturated carbocycles. The van der Waals surface area contributed by atoms with Gasteiger partial charge in [-0.1, -0.05) is 142 Å². The maximum absolute atomic E-state index is 4.80. The number of benzene rings is 8. The molecule has 0 radical (unpaired) electrons. The van der Waals surface area contributed by atoms with Crippen molar-refractivity contribution in [3.63, 3.8) is 0 Å². The fourth-order valence-electron chi connectivity index (χ4n) is 9.88. The van der Waals surface area contributed by atoms with Gasteiger partial charge in [0.05, 0.1) is 22.1 Å². The van der Waals surface area contributed by atoms with Gasteiger partial charge in [0.25, 0.3) is 0 Å². The Balaban J connectivity index is 1.11. The van der Waals surface area contributed by atoms with Crippen molar-refractivity contribution in [3.05, 3.63) is 229 Å². The van der Waals surface area contributed by atoms with Crippen LogP contribution in [0, 0.1) is 0 Å². The van der Waals surface area contributed by atoms with Crippen molar-refractivity contribution < 1.29 is 0 Å². The van der Waals surface area contributed by atoms with Crippen LogP contribution in [-0.4, -0.2) is 9.13 Å². The van der Waals surface area contributed by atoms with Gasteiger partial charge in [0, 0.05) is 38.3 Å². The molecule has 1 aliphatic rings. The second-order valence-electron chi connectivity index (χ2n) is 16.6. The predicted octanol–water partition coefficient (Wildman–Crippen LogP) is 15.5. The molecule has 2 nitrogen and oxygen atoms in total. The van der Waals surface area contributed by atoms with Crippen LogP contribution in [0.2, 0.25) is 0 Å². The lowest BCUT2D eigenvalue weighted by atomic mass is 9.80. The third-order valence-corrected chi connectivity index (χ3v) is 12.8. The third-order valence-electron chi connectivity index (χ3n) is 12.8. The van der Waals surface area contributed by atoms with E-state index in [0.29, 0.717) is 0 Å². The molecule has 2 heteroatoms. The van der Waals surface area contributed by atoms with E-state index in [1.54, 1.807) is 0 Å². The summed E-state index contributed by atoms with van der Waals surface area (Å²) in [5.74, 6) is 0. The monoisotopic (exact) mass is 768 g/mol. The van der Waals surface area contributed by atoms with E-state index in [1.165, 1.54) is 77.0 Å². The summed E-state index contributed by atoms with van der Waals surface area (Å²) < 4.78 is 4.76. The maximum Gasteiger partial charge on any atom is 0.0541 e. The molecule has 286 valence electrons. The van der Waals surface area contributed by atoms with Crippen LogP contribution in [0.25, 0.3) is 88.4 Å². The molecule has 10 aromatic rings. The zero-order valence-corrected chi connectivity index (χ0v) is 34.2. The van der Waals surface area contributed by atoms with Crippen molar-refractivity contribution in [1.29, 1.82) is 0 Å². The largest absolute Gasteiger partial charge is 0.309 e. The lowest BCUT2D eigenvalue weighted by molar-refractivity contribution is 0.661. The fraction of sp³-hybridized carbons (Fsp3) is 0.0690. The van der Waals surface area contributed by atoms with Crippen molar-refractivity contribution in [2.75, 3.05) is 0 Å². The molecule has 1 aliphatic carbocycles. The highest BCUT2D eigenvalue weighted by molar-refractivity contribution is 6.12. The Morgan fingerprint density at radius 1 is 0.467 bits per heavy atom. The average molecular weight is 769 g/mol. The van der Waals surface area contributed by atoms with Gasteiger partial charge in [-0.05, 0) is 141 Å². The summed E-state index contributed by atoms with van der Waals surface area (Å²) in [5.41, 5.74) is 19.0. The Bertz CT molecular complexity index is 3230. The van der Waals surface area contributed by atoms with E-state index < -0.39 is 0 Å². The van der Waals surface area contributed by atoms with Crippen molar-refractivity contribution in [3.8, 4) is 33.6 Å². The van der Waals surface area contributed by atoms with E-state index in [1.807, 2.05) is 0 Å². The van der Waals surface area contributed by atoms with Gasteiger partial charge in [-0.15, -0.1) is 0 Å². The van der Waals surface area contributed by atoms with Crippen molar-refractivity contribution in [2.45, 2.75) is 26.2 Å². The second-order valence-corrected chi connectivity index (χ2v) is 16.6. The molecular weight excluding hydrogens is 725 g/mol. The maximum atomic E-state index is 4.80. The molecular formula is C58H44N2. The van der Waals surface area contributed by atoms with Gasteiger partial charge in [0.15, 0.2) is 0 Å². The van der Waals surface area contributed by atoms with E-state index in [0.717, 1.165) is 33.6 Å². The minimum Gasteiger partial charge on any atom is -0.309 e. The molecule has 0 atom stereocenters. The molecule has 0 fully saturated rings. The Hall–Kier alpha value is -7.42. The van der Waals surface area contributed by atoms with Crippen LogP contribution in [0.3, 0.4) is 0 Å². The predicted molar refractivity (Wildman–Crippen MR) is 256 cm³/mol.